The van der Waals surface area contributed by atoms with Crippen LogP contribution in [0.3, 0.4) is 0 Å². The minimum atomic E-state index is -0.458. The van der Waals surface area contributed by atoms with E-state index in [1.165, 1.54) is 18.4 Å². The Kier molecular flexibility index (Phi) is 7.30. The third kappa shape index (κ3) is 5.64. The fourth-order valence-corrected chi connectivity index (χ4v) is 3.45. The van der Waals surface area contributed by atoms with Gasteiger partial charge in [-0.05, 0) is 36.6 Å². The maximum absolute atomic E-state index is 12.7. The highest BCUT2D eigenvalue weighted by molar-refractivity contribution is 7.14. The second-order valence-corrected chi connectivity index (χ2v) is 8.04. The van der Waals surface area contributed by atoms with Crippen LogP contribution < -0.4 is 14.8 Å². The minimum Gasteiger partial charge on any atom is -0.493 e. The smallest absolute Gasteiger partial charge is 0.354 e. The van der Waals surface area contributed by atoms with Gasteiger partial charge in [0.05, 0.1) is 26.5 Å². The van der Waals surface area contributed by atoms with Crippen molar-refractivity contribution in [2.24, 2.45) is 5.92 Å². The number of amides is 1. The van der Waals surface area contributed by atoms with Crippen molar-refractivity contribution < 1.29 is 23.8 Å². The third-order valence-corrected chi connectivity index (χ3v) is 5.25. The van der Waals surface area contributed by atoms with E-state index in [4.69, 9.17) is 9.47 Å². The van der Waals surface area contributed by atoms with Crippen molar-refractivity contribution in [1.82, 2.24) is 9.97 Å². The van der Waals surface area contributed by atoms with Crippen LogP contribution in [0.1, 0.15) is 41.1 Å². The maximum atomic E-state index is 12.7. The van der Waals surface area contributed by atoms with Crippen LogP contribution in [-0.4, -0.2) is 42.7 Å². The van der Waals surface area contributed by atoms with Gasteiger partial charge in [-0.15, -0.1) is 11.3 Å². The van der Waals surface area contributed by atoms with Crippen LogP contribution in [0.2, 0.25) is 0 Å². The van der Waals surface area contributed by atoms with Crippen LogP contribution in [0.25, 0.3) is 11.3 Å². The number of aromatic nitrogens is 2. The molecule has 0 aliphatic heterocycles. The first-order valence-electron chi connectivity index (χ1n) is 9.76. The third-order valence-electron chi connectivity index (χ3n) is 4.49. The fraction of sp³-hybridized carbons (Fsp3) is 0.318. The molecule has 164 valence electrons. The second-order valence-electron chi connectivity index (χ2n) is 7.18. The Hall–Kier alpha value is -3.33. The first-order valence-corrected chi connectivity index (χ1v) is 10.6. The number of ether oxygens (including phenoxy) is 3. The number of aromatic amines is 1. The first kappa shape index (κ1) is 22.4. The largest absolute Gasteiger partial charge is 0.493 e. The molecule has 3 aromatic rings. The summed E-state index contributed by atoms with van der Waals surface area (Å²) in [7, 11) is 2.86. The number of carbonyl (C=O) groups is 2. The number of hydrogen-bond donors (Lipinski definition) is 2. The molecule has 0 saturated carbocycles. The quantitative estimate of drug-likeness (QED) is 0.468. The highest BCUT2D eigenvalue weighted by Gasteiger charge is 2.15. The average molecular weight is 444 g/mol. The van der Waals surface area contributed by atoms with Crippen LogP contribution in [0.15, 0.2) is 35.8 Å². The summed E-state index contributed by atoms with van der Waals surface area (Å²) in [4.78, 5) is 31.5. The molecule has 0 aliphatic carbocycles. The number of carbonyl (C=O) groups excluding carboxylic acids is 2. The van der Waals surface area contributed by atoms with Crippen molar-refractivity contribution >= 4 is 28.3 Å². The minimum absolute atomic E-state index is 0.308. The van der Waals surface area contributed by atoms with Crippen LogP contribution in [0, 0.1) is 5.92 Å². The maximum Gasteiger partial charge on any atom is 0.354 e. The molecular formula is C22H25N3O5S. The zero-order chi connectivity index (χ0) is 22.4. The molecule has 0 aliphatic rings. The number of esters is 1. The molecule has 2 aromatic heterocycles. The summed E-state index contributed by atoms with van der Waals surface area (Å²) >= 11 is 1.29. The van der Waals surface area contributed by atoms with Crippen molar-refractivity contribution in [3.05, 3.63) is 47.1 Å². The first-order chi connectivity index (χ1) is 14.9. The van der Waals surface area contributed by atoms with Crippen molar-refractivity contribution in [2.75, 3.05) is 26.1 Å². The molecule has 31 heavy (non-hydrogen) atoms. The molecular weight excluding hydrogens is 418 g/mol. The lowest BCUT2D eigenvalue weighted by Crippen LogP contribution is -2.12. The van der Waals surface area contributed by atoms with Gasteiger partial charge in [0.1, 0.15) is 5.69 Å². The average Bonchev–Trinajstić information content (AvgIpc) is 3.42. The van der Waals surface area contributed by atoms with Crippen molar-refractivity contribution in [3.63, 3.8) is 0 Å². The van der Waals surface area contributed by atoms with Crippen molar-refractivity contribution in [1.29, 1.82) is 0 Å². The monoisotopic (exact) mass is 443 g/mol. The molecule has 9 heteroatoms. The van der Waals surface area contributed by atoms with Crippen LogP contribution in [0.4, 0.5) is 5.13 Å². The van der Waals surface area contributed by atoms with Crippen molar-refractivity contribution in [2.45, 2.75) is 20.3 Å². The van der Waals surface area contributed by atoms with Gasteiger partial charge in [-0.3, -0.25) is 10.1 Å². The number of nitrogens with zero attached hydrogens (tertiary/aromatic N) is 1. The summed E-state index contributed by atoms with van der Waals surface area (Å²) < 4.78 is 15.8. The van der Waals surface area contributed by atoms with Gasteiger partial charge >= 0.3 is 5.97 Å². The topological polar surface area (TPSA) is 103 Å². The molecule has 8 nitrogen and oxygen atoms in total. The van der Waals surface area contributed by atoms with E-state index >= 15 is 0 Å². The molecule has 0 spiro atoms. The van der Waals surface area contributed by atoms with Gasteiger partial charge < -0.3 is 19.2 Å². The van der Waals surface area contributed by atoms with Gasteiger partial charge in [0.15, 0.2) is 16.6 Å². The number of nitrogens with one attached hydrogen (secondary N) is 2. The van der Waals surface area contributed by atoms with E-state index in [-0.39, 0.29) is 5.91 Å². The number of H-pyrrole nitrogens is 1. The lowest BCUT2D eigenvalue weighted by molar-refractivity contribution is 0.0594. The highest BCUT2D eigenvalue weighted by atomic mass is 32.1. The molecule has 2 N–H and O–H groups in total. The summed E-state index contributed by atoms with van der Waals surface area (Å²) in [5.41, 5.74) is 2.12. The van der Waals surface area contributed by atoms with E-state index in [0.717, 1.165) is 12.0 Å². The van der Waals surface area contributed by atoms with Crippen LogP contribution in [0.5, 0.6) is 11.5 Å². The zero-order valence-corrected chi connectivity index (χ0v) is 18.7. The Labute approximate surface area is 184 Å². The van der Waals surface area contributed by atoms with E-state index in [9.17, 15) is 9.59 Å². The van der Waals surface area contributed by atoms with E-state index in [1.54, 1.807) is 43.0 Å². The van der Waals surface area contributed by atoms with Crippen LogP contribution >= 0.6 is 11.3 Å². The molecule has 0 radical (unpaired) electrons. The number of methoxy groups -OCH3 is 2. The lowest BCUT2D eigenvalue weighted by Gasteiger charge is -2.13. The molecule has 3 rings (SSSR count). The number of thiazole rings is 1. The summed E-state index contributed by atoms with van der Waals surface area (Å²) in [5.74, 6) is 0.874. The van der Waals surface area contributed by atoms with Crippen LogP contribution in [-0.2, 0) is 4.74 Å². The number of benzene rings is 1. The molecule has 2 heterocycles. The summed E-state index contributed by atoms with van der Waals surface area (Å²) in [6.45, 7) is 4.84. The van der Waals surface area contributed by atoms with E-state index < -0.39 is 5.97 Å². The van der Waals surface area contributed by atoms with Gasteiger partial charge in [0, 0.05) is 22.7 Å². The molecule has 0 bridgehead atoms. The zero-order valence-electron chi connectivity index (χ0n) is 17.9. The van der Waals surface area contributed by atoms with Gasteiger partial charge in [-0.2, -0.15) is 0 Å². The van der Waals surface area contributed by atoms with Gasteiger partial charge in [-0.1, -0.05) is 13.8 Å². The van der Waals surface area contributed by atoms with E-state index in [2.05, 4.69) is 33.9 Å². The molecule has 1 amide bonds. The Balaban J connectivity index is 1.67. The SMILES string of the molecule is COC(=O)c1cc(-c2csc(NC(=O)c3ccc(OCCC(C)C)c(OC)c3)n2)c[nH]1. The van der Waals surface area contributed by atoms with Gasteiger partial charge in [0.25, 0.3) is 5.91 Å². The van der Waals surface area contributed by atoms with Gasteiger partial charge in [-0.25, -0.2) is 9.78 Å². The number of anilines is 1. The summed E-state index contributed by atoms with van der Waals surface area (Å²) in [6, 6.07) is 6.71. The number of hydrogen-bond acceptors (Lipinski definition) is 7. The Morgan fingerprint density at radius 1 is 1.19 bits per heavy atom. The molecule has 0 saturated heterocycles. The molecule has 0 atom stereocenters. The standard InChI is InChI=1S/C22H25N3O5S/c1-13(2)7-8-30-18-6-5-14(10-19(18)28-3)20(26)25-22-24-17(12-31-22)15-9-16(23-11-15)21(27)29-4/h5-6,9-13,23H,7-8H2,1-4H3,(H,24,25,26). The summed E-state index contributed by atoms with van der Waals surface area (Å²) in [6.07, 6.45) is 2.59. The summed E-state index contributed by atoms with van der Waals surface area (Å²) in [5, 5.41) is 5.03. The lowest BCUT2D eigenvalue weighted by atomic mass is 10.1. The molecule has 0 unspecified atom stereocenters. The second kappa shape index (κ2) is 10.1. The highest BCUT2D eigenvalue weighted by Crippen LogP contribution is 2.30. The number of rotatable bonds is 9. The van der Waals surface area contributed by atoms with Crippen molar-refractivity contribution in [3.8, 4) is 22.8 Å². The Bertz CT molecular complexity index is 1060. The predicted molar refractivity (Wildman–Crippen MR) is 119 cm³/mol. The molecule has 1 aromatic carbocycles. The van der Waals surface area contributed by atoms with Gasteiger partial charge in [0.2, 0.25) is 0 Å². The predicted octanol–water partition coefficient (Wildman–Crippen LogP) is 4.61. The van der Waals surface area contributed by atoms with E-state index in [1.807, 2.05) is 0 Å². The Morgan fingerprint density at radius 2 is 2.00 bits per heavy atom. The fourth-order valence-electron chi connectivity index (χ4n) is 2.74. The van der Waals surface area contributed by atoms with E-state index in [0.29, 0.717) is 46.1 Å². The molecule has 0 fully saturated rings. The Morgan fingerprint density at radius 3 is 2.71 bits per heavy atom. The normalized spacial score (nSPS) is 10.7.